The van der Waals surface area contributed by atoms with Crippen LogP contribution in [0.15, 0.2) is 27.8 Å². The van der Waals surface area contributed by atoms with Gasteiger partial charge in [-0.15, -0.1) is 0 Å². The van der Waals surface area contributed by atoms with Gasteiger partial charge in [0.1, 0.15) is 5.84 Å². The van der Waals surface area contributed by atoms with Gasteiger partial charge in [-0.25, -0.2) is 0 Å². The van der Waals surface area contributed by atoms with Gasteiger partial charge in [0.15, 0.2) is 0 Å². The Labute approximate surface area is 136 Å². The minimum atomic E-state index is -0.366. The zero-order chi connectivity index (χ0) is 15.6. The van der Waals surface area contributed by atoms with Crippen molar-refractivity contribution in [3.63, 3.8) is 0 Å². The molecule has 0 bridgehead atoms. The van der Waals surface area contributed by atoms with Crippen LogP contribution in [0.4, 0.5) is 0 Å². The first kappa shape index (κ1) is 16.1. The lowest BCUT2D eigenvalue weighted by atomic mass is 9.79. The molecule has 1 aromatic rings. The smallest absolute Gasteiger partial charge is 0.255 e. The summed E-state index contributed by atoms with van der Waals surface area (Å²) < 4.78 is 0.835. The monoisotopic (exact) mass is 373 g/mol. The summed E-state index contributed by atoms with van der Waals surface area (Å²) in [6.45, 7) is 3.05. The molecule has 0 aromatic heterocycles. The molecule has 0 spiro atoms. The Morgan fingerprint density at radius 3 is 2.62 bits per heavy atom. The van der Waals surface area contributed by atoms with E-state index in [1.165, 1.54) is 0 Å². The molecule has 5 nitrogen and oxygen atoms in total. The molecule has 0 saturated carbocycles. The fourth-order valence-corrected chi connectivity index (χ4v) is 3.17. The maximum absolute atomic E-state index is 12.5. The molecule has 1 aromatic carbocycles. The molecule has 114 valence electrons. The molecule has 3 N–H and O–H groups in total. The number of hydrogen-bond acceptors (Lipinski definition) is 3. The largest absolute Gasteiger partial charge is 0.409 e. The van der Waals surface area contributed by atoms with Gasteiger partial charge in [-0.05, 0) is 31.0 Å². The Bertz CT molecular complexity index is 584. The lowest BCUT2D eigenvalue weighted by Crippen LogP contribution is -2.47. The lowest BCUT2D eigenvalue weighted by molar-refractivity contribution is 0.0666. The van der Waals surface area contributed by atoms with Gasteiger partial charge in [0.25, 0.3) is 5.91 Å². The molecule has 0 radical (unpaired) electrons. The third-order valence-electron chi connectivity index (χ3n) is 4.04. The number of nitrogens with two attached hydrogens (primary N) is 1. The Hall–Kier alpha value is -1.27. The molecule has 0 unspecified atom stereocenters. The summed E-state index contributed by atoms with van der Waals surface area (Å²) in [4.78, 5) is 14.2. The van der Waals surface area contributed by atoms with Crippen LogP contribution in [0.3, 0.4) is 0 Å². The van der Waals surface area contributed by atoms with E-state index in [2.05, 4.69) is 21.1 Å². The highest BCUT2D eigenvalue weighted by atomic mass is 79.9. The normalized spacial score (nSPS) is 18.6. The highest BCUT2D eigenvalue weighted by molar-refractivity contribution is 9.10. The van der Waals surface area contributed by atoms with Crippen molar-refractivity contribution in [2.75, 3.05) is 13.1 Å². The fraction of sp³-hybridized carbons (Fsp3) is 0.429. The third kappa shape index (κ3) is 3.32. The maximum atomic E-state index is 12.5. The van der Waals surface area contributed by atoms with Crippen LogP contribution < -0.4 is 5.73 Å². The van der Waals surface area contributed by atoms with Crippen molar-refractivity contribution in [3.8, 4) is 0 Å². The molecule has 2 rings (SSSR count). The SMILES string of the molecule is CC1(/C(N)=N/O)CCN(C(=O)c2ccc(Br)cc2Cl)CC1. The van der Waals surface area contributed by atoms with Crippen LogP contribution >= 0.6 is 27.5 Å². The van der Waals surface area contributed by atoms with E-state index in [4.69, 9.17) is 22.5 Å². The molecule has 1 heterocycles. The number of rotatable bonds is 2. The first-order chi connectivity index (χ1) is 9.87. The molecule has 1 aliphatic heterocycles. The number of likely N-dealkylation sites (tertiary alicyclic amines) is 1. The van der Waals surface area contributed by atoms with Crippen molar-refractivity contribution in [3.05, 3.63) is 33.3 Å². The highest BCUT2D eigenvalue weighted by Crippen LogP contribution is 2.32. The molecule has 1 amide bonds. The number of piperidine rings is 1. The van der Waals surface area contributed by atoms with Gasteiger partial charge < -0.3 is 15.8 Å². The van der Waals surface area contributed by atoms with Crippen LogP contribution in [0.25, 0.3) is 0 Å². The van der Waals surface area contributed by atoms with Crippen LogP contribution in [0.2, 0.25) is 5.02 Å². The number of benzene rings is 1. The zero-order valence-electron chi connectivity index (χ0n) is 11.6. The molecule has 21 heavy (non-hydrogen) atoms. The molecular formula is C14H17BrClN3O2. The first-order valence-corrected chi connectivity index (χ1v) is 7.77. The van der Waals surface area contributed by atoms with Gasteiger partial charge >= 0.3 is 0 Å². The summed E-state index contributed by atoms with van der Waals surface area (Å²) in [5, 5.41) is 12.4. The molecule has 1 saturated heterocycles. The van der Waals surface area contributed by atoms with E-state index in [0.717, 1.165) is 4.47 Å². The van der Waals surface area contributed by atoms with Gasteiger partial charge in [0.05, 0.1) is 10.6 Å². The van der Waals surface area contributed by atoms with E-state index in [1.54, 1.807) is 23.1 Å². The molecule has 0 atom stereocenters. The van der Waals surface area contributed by atoms with Crippen LogP contribution in [0.5, 0.6) is 0 Å². The second-order valence-electron chi connectivity index (χ2n) is 5.46. The van der Waals surface area contributed by atoms with Crippen molar-refractivity contribution < 1.29 is 10.0 Å². The number of hydrogen-bond donors (Lipinski definition) is 2. The lowest BCUT2D eigenvalue weighted by Gasteiger charge is -2.38. The van der Waals surface area contributed by atoms with Crippen molar-refractivity contribution in [1.82, 2.24) is 4.90 Å². The topological polar surface area (TPSA) is 78.9 Å². The van der Waals surface area contributed by atoms with Crippen molar-refractivity contribution in [2.45, 2.75) is 19.8 Å². The molecule has 1 fully saturated rings. The summed E-state index contributed by atoms with van der Waals surface area (Å²) in [6.07, 6.45) is 1.31. The van der Waals surface area contributed by atoms with E-state index in [-0.39, 0.29) is 17.2 Å². The summed E-state index contributed by atoms with van der Waals surface area (Å²) in [5.41, 5.74) is 5.85. The highest BCUT2D eigenvalue weighted by Gasteiger charge is 2.36. The van der Waals surface area contributed by atoms with Gasteiger partial charge in [0, 0.05) is 23.0 Å². The number of amides is 1. The standard InChI is InChI=1S/C14H17BrClN3O2/c1-14(13(17)18-21)4-6-19(7-5-14)12(20)10-3-2-9(15)8-11(10)16/h2-3,8,21H,4-7H2,1H3,(H2,17,18). The van der Waals surface area contributed by atoms with Gasteiger partial charge in [-0.2, -0.15) is 0 Å². The predicted octanol–water partition coefficient (Wildman–Crippen LogP) is 3.09. The number of carbonyl (C=O) groups excluding carboxylic acids is 1. The average molecular weight is 375 g/mol. The number of oxime groups is 1. The van der Waals surface area contributed by atoms with Crippen molar-refractivity contribution >= 4 is 39.3 Å². The minimum Gasteiger partial charge on any atom is -0.409 e. The molecule has 1 aliphatic rings. The second kappa shape index (κ2) is 6.23. The van der Waals surface area contributed by atoms with Crippen LogP contribution in [0, 0.1) is 5.41 Å². The summed E-state index contributed by atoms with van der Waals surface area (Å²) >= 11 is 9.44. The van der Waals surface area contributed by atoms with Crippen LogP contribution in [0.1, 0.15) is 30.1 Å². The van der Waals surface area contributed by atoms with E-state index >= 15 is 0 Å². The molecule has 7 heteroatoms. The third-order valence-corrected chi connectivity index (χ3v) is 4.85. The van der Waals surface area contributed by atoms with Gasteiger partial charge in [-0.3, -0.25) is 4.79 Å². The number of amidine groups is 1. The Kier molecular flexibility index (Phi) is 4.78. The number of halogens is 2. The number of carbonyl (C=O) groups is 1. The van der Waals surface area contributed by atoms with Crippen molar-refractivity contribution in [1.29, 1.82) is 0 Å². The Balaban J connectivity index is 2.10. The second-order valence-corrected chi connectivity index (χ2v) is 6.79. The van der Waals surface area contributed by atoms with Crippen LogP contribution in [-0.4, -0.2) is 34.9 Å². The van der Waals surface area contributed by atoms with Crippen molar-refractivity contribution in [2.24, 2.45) is 16.3 Å². The Morgan fingerprint density at radius 1 is 1.48 bits per heavy atom. The molecular weight excluding hydrogens is 358 g/mol. The zero-order valence-corrected chi connectivity index (χ0v) is 14.0. The minimum absolute atomic E-state index is 0.0888. The maximum Gasteiger partial charge on any atom is 0.255 e. The van der Waals surface area contributed by atoms with Crippen LogP contribution in [-0.2, 0) is 0 Å². The van der Waals surface area contributed by atoms with E-state index in [0.29, 0.717) is 36.5 Å². The fourth-order valence-electron chi connectivity index (χ4n) is 2.41. The average Bonchev–Trinajstić information content (AvgIpc) is 2.46. The summed E-state index contributed by atoms with van der Waals surface area (Å²) in [7, 11) is 0. The Morgan fingerprint density at radius 2 is 2.10 bits per heavy atom. The van der Waals surface area contributed by atoms with Gasteiger partial charge in [0.2, 0.25) is 0 Å². The summed E-state index contributed by atoms with van der Waals surface area (Å²) in [6, 6.07) is 5.22. The van der Waals surface area contributed by atoms with E-state index in [9.17, 15) is 4.79 Å². The predicted molar refractivity (Wildman–Crippen MR) is 85.8 cm³/mol. The van der Waals surface area contributed by atoms with Gasteiger partial charge in [-0.1, -0.05) is 39.6 Å². The van der Waals surface area contributed by atoms with E-state index < -0.39 is 0 Å². The van der Waals surface area contributed by atoms with E-state index in [1.807, 2.05) is 6.92 Å². The molecule has 0 aliphatic carbocycles. The summed E-state index contributed by atoms with van der Waals surface area (Å²) in [5.74, 6) is 0.130. The number of nitrogens with zero attached hydrogens (tertiary/aromatic N) is 2. The quantitative estimate of drug-likeness (QED) is 0.361. The first-order valence-electron chi connectivity index (χ1n) is 6.60.